The predicted molar refractivity (Wildman–Crippen MR) is 150 cm³/mol. The van der Waals surface area contributed by atoms with E-state index >= 15 is 4.39 Å². The van der Waals surface area contributed by atoms with Crippen LogP contribution >= 0.6 is 0 Å². The molecule has 0 saturated carbocycles. The topological polar surface area (TPSA) is 85.9 Å². The Morgan fingerprint density at radius 2 is 1.60 bits per heavy atom. The van der Waals surface area contributed by atoms with E-state index < -0.39 is 17.6 Å². The van der Waals surface area contributed by atoms with Crippen molar-refractivity contribution in [3.63, 3.8) is 0 Å². The minimum atomic E-state index is -0.869. The summed E-state index contributed by atoms with van der Waals surface area (Å²) in [6.07, 6.45) is 0.724. The van der Waals surface area contributed by atoms with Crippen LogP contribution in [0.25, 0.3) is 0 Å². The number of carbonyl (C=O) groups is 2. The van der Waals surface area contributed by atoms with Crippen LogP contribution in [0.2, 0.25) is 0 Å². The molecule has 2 atom stereocenters. The van der Waals surface area contributed by atoms with Crippen molar-refractivity contribution < 1.29 is 28.2 Å². The van der Waals surface area contributed by atoms with E-state index in [4.69, 9.17) is 14.2 Å². The Morgan fingerprint density at radius 3 is 2.33 bits per heavy atom. The minimum Gasteiger partial charge on any atom is -0.495 e. The average molecular weight is 543 g/mol. The molecule has 0 aromatic heterocycles. The molecule has 8 heteroatoms. The molecule has 1 amide bonds. The zero-order chi connectivity index (χ0) is 28.4. The van der Waals surface area contributed by atoms with E-state index in [9.17, 15) is 9.59 Å². The molecule has 0 unspecified atom stereocenters. The first-order valence-corrected chi connectivity index (χ1v) is 13.0. The number of dihydropyridines is 1. The van der Waals surface area contributed by atoms with Crippen LogP contribution in [0, 0.1) is 5.82 Å². The second-order valence-electron chi connectivity index (χ2n) is 9.81. The second-order valence-corrected chi connectivity index (χ2v) is 9.81. The monoisotopic (exact) mass is 542 g/mol. The number of carbonyl (C=O) groups excluding carboxylic acids is 2. The molecule has 1 aliphatic heterocycles. The lowest BCUT2D eigenvalue weighted by Gasteiger charge is -2.37. The van der Waals surface area contributed by atoms with Crippen LogP contribution in [0.5, 0.6) is 17.2 Å². The number of anilines is 1. The summed E-state index contributed by atoms with van der Waals surface area (Å²) in [6, 6.07) is 19.0. The predicted octanol–water partition coefficient (Wildman–Crippen LogP) is 5.85. The van der Waals surface area contributed by atoms with Crippen molar-refractivity contribution in [3.05, 3.63) is 106 Å². The Kier molecular flexibility index (Phi) is 7.60. The molecule has 2 N–H and O–H groups in total. The molecule has 2 aliphatic rings. The van der Waals surface area contributed by atoms with Crippen molar-refractivity contribution in [2.24, 2.45) is 0 Å². The van der Waals surface area contributed by atoms with Gasteiger partial charge < -0.3 is 24.8 Å². The number of methoxy groups -OCH3 is 3. The Hall–Kier alpha value is -4.59. The number of ether oxygens (including phenoxy) is 3. The van der Waals surface area contributed by atoms with E-state index in [1.165, 1.54) is 13.2 Å². The number of para-hydroxylation sites is 2. The van der Waals surface area contributed by atoms with E-state index in [0.717, 1.165) is 5.56 Å². The van der Waals surface area contributed by atoms with Crippen LogP contribution in [0.15, 0.2) is 89.3 Å². The van der Waals surface area contributed by atoms with Crippen molar-refractivity contribution >= 4 is 17.4 Å². The van der Waals surface area contributed by atoms with Gasteiger partial charge in [-0.1, -0.05) is 36.4 Å². The van der Waals surface area contributed by atoms with Gasteiger partial charge in [0, 0.05) is 40.4 Å². The molecule has 40 heavy (non-hydrogen) atoms. The van der Waals surface area contributed by atoms with Crippen LogP contribution < -0.4 is 24.8 Å². The van der Waals surface area contributed by atoms with Gasteiger partial charge in [-0.25, -0.2) is 4.39 Å². The fraction of sp³-hybridized carbons (Fsp3) is 0.250. The molecule has 0 radical (unpaired) electrons. The van der Waals surface area contributed by atoms with Gasteiger partial charge in [-0.2, -0.15) is 0 Å². The lowest BCUT2D eigenvalue weighted by Crippen LogP contribution is -2.37. The summed E-state index contributed by atoms with van der Waals surface area (Å²) in [5.41, 5.74) is 3.63. The fourth-order valence-corrected chi connectivity index (χ4v) is 5.64. The van der Waals surface area contributed by atoms with Gasteiger partial charge >= 0.3 is 0 Å². The largest absolute Gasteiger partial charge is 0.495 e. The van der Waals surface area contributed by atoms with Gasteiger partial charge in [0.1, 0.15) is 11.6 Å². The number of ketones is 1. The molecule has 1 heterocycles. The highest BCUT2D eigenvalue weighted by Crippen LogP contribution is 2.47. The lowest BCUT2D eigenvalue weighted by molar-refractivity contribution is -0.116. The maximum Gasteiger partial charge on any atom is 0.254 e. The number of rotatable bonds is 7. The number of benzene rings is 3. The van der Waals surface area contributed by atoms with Gasteiger partial charge in [0.15, 0.2) is 17.3 Å². The molecule has 5 rings (SSSR count). The summed E-state index contributed by atoms with van der Waals surface area (Å²) < 4.78 is 31.5. The number of hydrogen-bond donors (Lipinski definition) is 2. The Bertz CT molecular complexity index is 1540. The molecular formula is C32H31FN2O5. The van der Waals surface area contributed by atoms with Crippen LogP contribution in [0.1, 0.15) is 42.7 Å². The van der Waals surface area contributed by atoms with E-state index in [2.05, 4.69) is 10.6 Å². The third kappa shape index (κ3) is 4.93. The van der Waals surface area contributed by atoms with Crippen molar-refractivity contribution in [3.8, 4) is 17.2 Å². The number of halogens is 1. The van der Waals surface area contributed by atoms with Gasteiger partial charge in [0.05, 0.1) is 27.0 Å². The fourth-order valence-electron chi connectivity index (χ4n) is 5.64. The van der Waals surface area contributed by atoms with Gasteiger partial charge in [0.2, 0.25) is 0 Å². The summed E-state index contributed by atoms with van der Waals surface area (Å²) in [7, 11) is 4.67. The SMILES string of the molecule is COc1ccccc1NC(=O)C1=C(C)NC2=C(C(=O)C[C@@H](c3ccc(OC)c(OC)c3)C2)[C@H]1c1ccccc1F. The molecule has 0 saturated heterocycles. The number of nitrogens with one attached hydrogen (secondary N) is 2. The van der Waals surface area contributed by atoms with Crippen molar-refractivity contribution in [2.45, 2.75) is 31.6 Å². The normalized spacial score (nSPS) is 18.6. The maximum atomic E-state index is 15.3. The Balaban J connectivity index is 1.56. The molecular weight excluding hydrogens is 511 g/mol. The van der Waals surface area contributed by atoms with E-state index in [0.29, 0.717) is 46.3 Å². The number of Topliss-reactive ketones (excluding diaryl/α,β-unsaturated/α-hetero) is 1. The van der Waals surface area contributed by atoms with Crippen molar-refractivity contribution in [1.29, 1.82) is 0 Å². The minimum absolute atomic E-state index is 0.128. The van der Waals surface area contributed by atoms with Crippen LogP contribution in [-0.4, -0.2) is 33.0 Å². The number of hydrogen-bond acceptors (Lipinski definition) is 6. The summed E-state index contributed by atoms with van der Waals surface area (Å²) in [4.78, 5) is 27.7. The van der Waals surface area contributed by atoms with Gasteiger partial charge in [-0.05, 0) is 55.2 Å². The van der Waals surface area contributed by atoms with E-state index in [1.807, 2.05) is 18.2 Å². The summed E-state index contributed by atoms with van der Waals surface area (Å²) >= 11 is 0. The Morgan fingerprint density at radius 1 is 0.900 bits per heavy atom. The van der Waals surface area contributed by atoms with Gasteiger partial charge in [-0.3, -0.25) is 9.59 Å². The number of amides is 1. The van der Waals surface area contributed by atoms with Crippen molar-refractivity contribution in [2.75, 3.05) is 26.6 Å². The van der Waals surface area contributed by atoms with Crippen molar-refractivity contribution in [1.82, 2.24) is 5.32 Å². The molecule has 1 aliphatic carbocycles. The lowest BCUT2D eigenvalue weighted by atomic mass is 9.71. The van der Waals surface area contributed by atoms with Gasteiger partial charge in [0.25, 0.3) is 5.91 Å². The number of allylic oxidation sites excluding steroid dienone is 3. The van der Waals surface area contributed by atoms with E-state index in [1.54, 1.807) is 63.6 Å². The smallest absolute Gasteiger partial charge is 0.254 e. The van der Waals surface area contributed by atoms with Crippen LogP contribution in [0.4, 0.5) is 10.1 Å². The first-order chi connectivity index (χ1) is 19.4. The highest BCUT2D eigenvalue weighted by Gasteiger charge is 2.42. The summed E-state index contributed by atoms with van der Waals surface area (Å²) in [5, 5.41) is 6.24. The zero-order valence-electron chi connectivity index (χ0n) is 22.8. The second kappa shape index (κ2) is 11.3. The highest BCUT2D eigenvalue weighted by atomic mass is 19.1. The zero-order valence-corrected chi connectivity index (χ0v) is 22.8. The first kappa shape index (κ1) is 27.0. The molecule has 0 bridgehead atoms. The highest BCUT2D eigenvalue weighted by molar-refractivity contribution is 6.10. The van der Waals surface area contributed by atoms with Gasteiger partial charge in [-0.15, -0.1) is 0 Å². The molecule has 0 fully saturated rings. The molecule has 3 aromatic carbocycles. The first-order valence-electron chi connectivity index (χ1n) is 13.0. The van der Waals surface area contributed by atoms with E-state index in [-0.39, 0.29) is 29.3 Å². The third-order valence-electron chi connectivity index (χ3n) is 7.52. The molecule has 206 valence electrons. The standard InChI is InChI=1S/C32H31FN2O5/c1-18-29(32(37)35-23-11-7-8-12-26(23)38-2)30(21-9-5-6-10-22(21)33)31-24(34-18)15-20(16-25(31)36)19-13-14-27(39-3)28(17-19)40-4/h5-14,17,20,30,34H,15-16H2,1-4H3,(H,35,37)/t20-,30-/m0/s1. The van der Waals surface area contributed by atoms with Crippen LogP contribution in [-0.2, 0) is 9.59 Å². The summed E-state index contributed by atoms with van der Waals surface area (Å²) in [5.74, 6) is -0.380. The molecule has 0 spiro atoms. The molecule has 3 aromatic rings. The third-order valence-corrected chi connectivity index (χ3v) is 7.52. The Labute approximate surface area is 232 Å². The quantitative estimate of drug-likeness (QED) is 0.390. The van der Waals surface area contributed by atoms with Crippen LogP contribution in [0.3, 0.4) is 0 Å². The maximum absolute atomic E-state index is 15.3. The molecule has 7 nitrogen and oxygen atoms in total. The average Bonchev–Trinajstić information content (AvgIpc) is 2.96. The summed E-state index contributed by atoms with van der Waals surface area (Å²) in [6.45, 7) is 1.78.